The highest BCUT2D eigenvalue weighted by Gasteiger charge is 2.19. The van der Waals surface area contributed by atoms with Crippen LogP contribution in [-0.2, 0) is 6.54 Å². The number of hydrogen-bond acceptors (Lipinski definition) is 5. The van der Waals surface area contributed by atoms with Gasteiger partial charge in [0, 0.05) is 32.4 Å². The normalized spacial score (nSPS) is 16.7. The van der Waals surface area contributed by atoms with Gasteiger partial charge in [0.25, 0.3) is 0 Å². The van der Waals surface area contributed by atoms with Crippen LogP contribution in [0.4, 0.5) is 11.5 Å². The quantitative estimate of drug-likeness (QED) is 0.905. The standard InChI is InChI=1S/C14H18N4O/c15-13-4-1-5-16-14(13)18-8-6-17(7-9-18)11-12-3-2-10-19-12/h1-5,10H,6-9,11,15H2. The van der Waals surface area contributed by atoms with Crippen LogP contribution in [0.1, 0.15) is 5.76 Å². The number of anilines is 2. The van der Waals surface area contributed by atoms with Gasteiger partial charge in [0.05, 0.1) is 18.5 Å². The average Bonchev–Trinajstić information content (AvgIpc) is 2.93. The van der Waals surface area contributed by atoms with Crippen molar-refractivity contribution >= 4 is 11.5 Å². The Hall–Kier alpha value is -2.01. The van der Waals surface area contributed by atoms with Crippen LogP contribution in [0.25, 0.3) is 0 Å². The van der Waals surface area contributed by atoms with E-state index in [1.54, 1.807) is 12.5 Å². The molecule has 2 aromatic rings. The van der Waals surface area contributed by atoms with E-state index in [-0.39, 0.29) is 0 Å². The van der Waals surface area contributed by atoms with Crippen LogP contribution in [0, 0.1) is 0 Å². The van der Waals surface area contributed by atoms with Gasteiger partial charge in [0.1, 0.15) is 5.76 Å². The summed E-state index contributed by atoms with van der Waals surface area (Å²) in [6.45, 7) is 4.76. The second kappa shape index (κ2) is 5.32. The second-order valence-corrected chi connectivity index (χ2v) is 4.76. The summed E-state index contributed by atoms with van der Waals surface area (Å²) in [5.41, 5.74) is 6.71. The zero-order valence-electron chi connectivity index (χ0n) is 10.8. The molecule has 100 valence electrons. The molecule has 0 aliphatic carbocycles. The number of aromatic nitrogens is 1. The molecule has 0 spiro atoms. The van der Waals surface area contributed by atoms with Crippen LogP contribution in [0.5, 0.6) is 0 Å². The molecule has 1 fully saturated rings. The van der Waals surface area contributed by atoms with Crippen LogP contribution in [0.2, 0.25) is 0 Å². The zero-order chi connectivity index (χ0) is 13.1. The molecule has 5 heteroatoms. The topological polar surface area (TPSA) is 58.5 Å². The molecule has 0 atom stereocenters. The molecule has 1 saturated heterocycles. The van der Waals surface area contributed by atoms with E-state index in [0.717, 1.165) is 50.0 Å². The molecule has 0 aromatic carbocycles. The Morgan fingerprint density at radius 1 is 1.16 bits per heavy atom. The Morgan fingerprint density at radius 3 is 2.68 bits per heavy atom. The van der Waals surface area contributed by atoms with Crippen molar-refractivity contribution in [2.75, 3.05) is 36.8 Å². The first kappa shape index (κ1) is 12.0. The van der Waals surface area contributed by atoms with Gasteiger partial charge in [-0.15, -0.1) is 0 Å². The third-order valence-corrected chi connectivity index (χ3v) is 3.45. The molecule has 1 aliphatic rings. The molecule has 3 rings (SSSR count). The van der Waals surface area contributed by atoms with Crippen molar-refractivity contribution in [1.29, 1.82) is 0 Å². The van der Waals surface area contributed by atoms with Gasteiger partial charge in [0.2, 0.25) is 0 Å². The SMILES string of the molecule is Nc1cccnc1N1CCN(Cc2ccco2)CC1. The number of hydrogen-bond donors (Lipinski definition) is 1. The first-order chi connectivity index (χ1) is 9.33. The first-order valence-corrected chi connectivity index (χ1v) is 6.53. The van der Waals surface area contributed by atoms with E-state index in [9.17, 15) is 0 Å². The Bertz CT molecular complexity index is 518. The number of nitrogens with zero attached hydrogens (tertiary/aromatic N) is 3. The second-order valence-electron chi connectivity index (χ2n) is 4.76. The lowest BCUT2D eigenvalue weighted by atomic mass is 10.2. The molecule has 0 radical (unpaired) electrons. The highest BCUT2D eigenvalue weighted by Crippen LogP contribution is 2.21. The van der Waals surface area contributed by atoms with Crippen LogP contribution in [-0.4, -0.2) is 36.1 Å². The van der Waals surface area contributed by atoms with E-state index < -0.39 is 0 Å². The lowest BCUT2D eigenvalue weighted by Crippen LogP contribution is -2.46. The van der Waals surface area contributed by atoms with Crippen molar-refractivity contribution in [1.82, 2.24) is 9.88 Å². The first-order valence-electron chi connectivity index (χ1n) is 6.53. The summed E-state index contributed by atoms with van der Waals surface area (Å²) >= 11 is 0. The highest BCUT2D eigenvalue weighted by atomic mass is 16.3. The maximum atomic E-state index is 5.96. The lowest BCUT2D eigenvalue weighted by molar-refractivity contribution is 0.230. The average molecular weight is 258 g/mol. The molecule has 5 nitrogen and oxygen atoms in total. The summed E-state index contributed by atoms with van der Waals surface area (Å²) in [6, 6.07) is 7.72. The minimum atomic E-state index is 0.752. The van der Waals surface area contributed by atoms with Crippen molar-refractivity contribution in [2.45, 2.75) is 6.54 Å². The smallest absolute Gasteiger partial charge is 0.151 e. The number of piperazine rings is 1. The molecule has 1 aliphatic heterocycles. The van der Waals surface area contributed by atoms with Gasteiger partial charge >= 0.3 is 0 Å². The summed E-state index contributed by atoms with van der Waals surface area (Å²) in [5.74, 6) is 1.92. The molecule has 2 N–H and O–H groups in total. The zero-order valence-corrected chi connectivity index (χ0v) is 10.8. The largest absolute Gasteiger partial charge is 0.468 e. The van der Waals surface area contributed by atoms with E-state index in [2.05, 4.69) is 14.8 Å². The van der Waals surface area contributed by atoms with Gasteiger partial charge in [-0.1, -0.05) is 0 Å². The van der Waals surface area contributed by atoms with E-state index >= 15 is 0 Å². The van der Waals surface area contributed by atoms with Gasteiger partial charge in [-0.3, -0.25) is 4.90 Å². The van der Waals surface area contributed by atoms with Gasteiger partial charge in [-0.2, -0.15) is 0 Å². The minimum Gasteiger partial charge on any atom is -0.468 e. The summed E-state index contributed by atoms with van der Waals surface area (Å²) in [7, 11) is 0. The highest BCUT2D eigenvalue weighted by molar-refractivity contribution is 5.62. The molecule has 2 aromatic heterocycles. The Balaban J connectivity index is 1.59. The molecule has 19 heavy (non-hydrogen) atoms. The van der Waals surface area contributed by atoms with Gasteiger partial charge in [0.15, 0.2) is 5.82 Å². The van der Waals surface area contributed by atoms with Gasteiger partial charge in [-0.25, -0.2) is 4.98 Å². The van der Waals surface area contributed by atoms with Gasteiger partial charge < -0.3 is 15.1 Å². The van der Waals surface area contributed by atoms with Crippen molar-refractivity contribution < 1.29 is 4.42 Å². The van der Waals surface area contributed by atoms with Crippen LogP contribution in [0.3, 0.4) is 0 Å². The van der Waals surface area contributed by atoms with Crippen molar-refractivity contribution in [3.63, 3.8) is 0 Å². The molecule has 0 bridgehead atoms. The van der Waals surface area contributed by atoms with E-state index in [1.165, 1.54) is 0 Å². The maximum absolute atomic E-state index is 5.96. The van der Waals surface area contributed by atoms with Crippen molar-refractivity contribution in [2.24, 2.45) is 0 Å². The fraction of sp³-hybridized carbons (Fsp3) is 0.357. The van der Waals surface area contributed by atoms with Gasteiger partial charge in [-0.05, 0) is 24.3 Å². The van der Waals surface area contributed by atoms with E-state index in [1.807, 2.05) is 24.3 Å². The molecular formula is C14H18N4O. The third kappa shape index (κ3) is 2.71. The maximum Gasteiger partial charge on any atom is 0.151 e. The summed E-state index contributed by atoms with van der Waals surface area (Å²) in [4.78, 5) is 8.99. The number of rotatable bonds is 3. The van der Waals surface area contributed by atoms with E-state index in [0.29, 0.717) is 0 Å². The third-order valence-electron chi connectivity index (χ3n) is 3.45. The summed E-state index contributed by atoms with van der Waals surface area (Å²) in [6.07, 6.45) is 3.51. The fourth-order valence-corrected chi connectivity index (χ4v) is 2.41. The monoisotopic (exact) mass is 258 g/mol. The van der Waals surface area contributed by atoms with Crippen LogP contribution < -0.4 is 10.6 Å². The molecule has 0 saturated carbocycles. The lowest BCUT2D eigenvalue weighted by Gasteiger charge is -2.35. The summed E-state index contributed by atoms with van der Waals surface area (Å²) < 4.78 is 5.38. The predicted octanol–water partition coefficient (Wildman–Crippen LogP) is 1.58. The minimum absolute atomic E-state index is 0.752. The van der Waals surface area contributed by atoms with Crippen molar-refractivity contribution in [3.8, 4) is 0 Å². The van der Waals surface area contributed by atoms with Crippen LogP contribution >= 0.6 is 0 Å². The molecule has 0 amide bonds. The Kier molecular flexibility index (Phi) is 3.37. The van der Waals surface area contributed by atoms with Crippen LogP contribution in [0.15, 0.2) is 41.1 Å². The number of nitrogens with two attached hydrogens (primary N) is 1. The predicted molar refractivity (Wildman–Crippen MR) is 74.8 cm³/mol. The molecular weight excluding hydrogens is 240 g/mol. The Morgan fingerprint density at radius 2 is 2.00 bits per heavy atom. The van der Waals surface area contributed by atoms with Crippen molar-refractivity contribution in [3.05, 3.63) is 42.5 Å². The fourth-order valence-electron chi connectivity index (χ4n) is 2.41. The van der Waals surface area contributed by atoms with E-state index in [4.69, 9.17) is 10.2 Å². The molecule has 3 heterocycles. The number of nitrogen functional groups attached to an aromatic ring is 1. The molecule has 0 unspecified atom stereocenters. The number of furan rings is 1. The summed E-state index contributed by atoms with van der Waals surface area (Å²) in [5, 5.41) is 0. The number of pyridine rings is 1. The Labute approximate surface area is 112 Å².